The van der Waals surface area contributed by atoms with Crippen LogP contribution in [0.15, 0.2) is 60.6 Å². The fourth-order valence-corrected chi connectivity index (χ4v) is 4.28. The van der Waals surface area contributed by atoms with Crippen molar-refractivity contribution in [2.24, 2.45) is 0 Å². The number of carbonyl (C=O) groups is 2. The first-order valence-corrected chi connectivity index (χ1v) is 10.3. The van der Waals surface area contributed by atoms with Crippen LogP contribution in [-0.4, -0.2) is 32.1 Å². The summed E-state index contributed by atoms with van der Waals surface area (Å²) in [4.78, 5) is 37.1. The lowest BCUT2D eigenvalue weighted by atomic mass is 10.0. The van der Waals surface area contributed by atoms with Gasteiger partial charge in [-0.1, -0.05) is 31.9 Å². The summed E-state index contributed by atoms with van der Waals surface area (Å²) < 4.78 is 16.7. The minimum absolute atomic E-state index is 0.0437. The smallest absolute Gasteiger partial charge is 0.336 e. The third-order valence-electron chi connectivity index (χ3n) is 4.38. The Morgan fingerprint density at radius 1 is 1.07 bits per heavy atom. The van der Waals surface area contributed by atoms with Gasteiger partial charge in [0.2, 0.25) is 0 Å². The first-order chi connectivity index (χ1) is 14.3. The predicted octanol–water partition coefficient (Wildman–Crippen LogP) is 3.84. The van der Waals surface area contributed by atoms with Crippen molar-refractivity contribution in [3.05, 3.63) is 73.0 Å². The molecule has 1 aromatic heterocycles. The first-order valence-electron chi connectivity index (χ1n) is 8.76. The van der Waals surface area contributed by atoms with Crippen molar-refractivity contribution in [1.82, 2.24) is 5.32 Å². The first kappa shape index (κ1) is 22.0. The van der Waals surface area contributed by atoms with Crippen molar-refractivity contribution in [2.45, 2.75) is 12.5 Å². The summed E-state index contributed by atoms with van der Waals surface area (Å²) in [6.45, 7) is 0. The maximum Gasteiger partial charge on any atom is 0.336 e. The van der Waals surface area contributed by atoms with Crippen LogP contribution in [0.1, 0.15) is 15.9 Å². The molecule has 156 valence electrons. The summed E-state index contributed by atoms with van der Waals surface area (Å²) >= 11 is 6.67. The highest BCUT2D eigenvalue weighted by atomic mass is 79.9. The molecule has 0 aliphatic carbocycles. The summed E-state index contributed by atoms with van der Waals surface area (Å²) in [7, 11) is 2.74. The van der Waals surface area contributed by atoms with Gasteiger partial charge >= 0.3 is 11.6 Å². The molecular formula is C21H17Br2NO6. The second-order valence-corrected chi connectivity index (χ2v) is 8.20. The number of hydrogen-bond donors (Lipinski definition) is 1. The number of methoxy groups -OCH3 is 2. The van der Waals surface area contributed by atoms with Gasteiger partial charge in [-0.15, -0.1) is 0 Å². The average molecular weight is 539 g/mol. The van der Waals surface area contributed by atoms with Crippen LogP contribution >= 0.6 is 31.9 Å². The van der Waals surface area contributed by atoms with Crippen LogP contribution < -0.4 is 15.7 Å². The zero-order valence-electron chi connectivity index (χ0n) is 16.0. The molecule has 0 saturated heterocycles. The Labute approximate surface area is 188 Å². The lowest BCUT2D eigenvalue weighted by Gasteiger charge is -2.17. The predicted molar refractivity (Wildman–Crippen MR) is 118 cm³/mol. The quantitative estimate of drug-likeness (QED) is 0.378. The molecule has 1 N–H and O–H groups in total. The van der Waals surface area contributed by atoms with E-state index >= 15 is 0 Å². The molecule has 0 fully saturated rings. The van der Waals surface area contributed by atoms with Gasteiger partial charge in [0.05, 0.1) is 14.2 Å². The Hall–Kier alpha value is -2.65. The van der Waals surface area contributed by atoms with Crippen LogP contribution in [0.25, 0.3) is 11.0 Å². The minimum Gasteiger partial charge on any atom is -0.497 e. The van der Waals surface area contributed by atoms with Crippen molar-refractivity contribution in [3.8, 4) is 5.75 Å². The summed E-state index contributed by atoms with van der Waals surface area (Å²) in [5.74, 6) is -0.561. The molecule has 0 radical (unpaired) electrons. The van der Waals surface area contributed by atoms with Crippen LogP contribution in [0.5, 0.6) is 5.75 Å². The highest BCUT2D eigenvalue weighted by molar-refractivity contribution is 9.11. The van der Waals surface area contributed by atoms with Crippen LogP contribution in [0.4, 0.5) is 0 Å². The number of fused-ring (bicyclic) bond motifs is 1. The van der Waals surface area contributed by atoms with Gasteiger partial charge in [0.1, 0.15) is 17.4 Å². The number of halogens is 2. The monoisotopic (exact) mass is 537 g/mol. The second kappa shape index (κ2) is 9.44. The Bertz CT molecular complexity index is 1150. The Balaban J connectivity index is 1.95. The molecule has 7 nitrogen and oxygen atoms in total. The summed E-state index contributed by atoms with van der Waals surface area (Å²) in [5.41, 5.74) is 0.640. The fourth-order valence-electron chi connectivity index (χ4n) is 2.99. The molecule has 0 saturated carbocycles. The van der Waals surface area contributed by atoms with E-state index < -0.39 is 23.5 Å². The molecule has 1 heterocycles. The normalized spacial score (nSPS) is 11.7. The number of nitrogens with one attached hydrogen (secondary N) is 1. The molecule has 3 rings (SSSR count). The highest BCUT2D eigenvalue weighted by Gasteiger charge is 2.24. The molecule has 0 unspecified atom stereocenters. The van der Waals surface area contributed by atoms with E-state index in [9.17, 15) is 14.4 Å². The molecule has 9 heteroatoms. The van der Waals surface area contributed by atoms with Crippen molar-refractivity contribution in [2.75, 3.05) is 14.2 Å². The van der Waals surface area contributed by atoms with Gasteiger partial charge < -0.3 is 19.2 Å². The number of amides is 1. The Kier molecular flexibility index (Phi) is 6.94. The third-order valence-corrected chi connectivity index (χ3v) is 5.29. The number of esters is 1. The highest BCUT2D eigenvalue weighted by Crippen LogP contribution is 2.24. The van der Waals surface area contributed by atoms with E-state index in [1.807, 2.05) is 0 Å². The van der Waals surface area contributed by atoms with Gasteiger partial charge in [0.25, 0.3) is 5.91 Å². The number of rotatable bonds is 6. The molecule has 3 aromatic rings. The van der Waals surface area contributed by atoms with Crippen molar-refractivity contribution in [1.29, 1.82) is 0 Å². The standard InChI is InChI=1S/C21H17Br2NO6/c1-28-15-3-4-16-11(8-19(25)30-18(16)10-15)7-17(21(27)29-2)24-20(26)12-5-13(22)9-14(23)6-12/h3-6,8-10,17H,7H2,1-2H3,(H,24,26)/t17-/m0/s1. The summed E-state index contributed by atoms with van der Waals surface area (Å²) in [5, 5.41) is 3.31. The van der Waals surface area contributed by atoms with Gasteiger partial charge in [0.15, 0.2) is 0 Å². The van der Waals surface area contributed by atoms with Gasteiger partial charge in [-0.05, 0) is 35.9 Å². The lowest BCUT2D eigenvalue weighted by molar-refractivity contribution is -0.142. The topological polar surface area (TPSA) is 94.8 Å². The maximum absolute atomic E-state index is 12.7. The molecule has 2 aromatic carbocycles. The number of carbonyl (C=O) groups excluding carboxylic acids is 2. The molecule has 0 bridgehead atoms. The number of hydrogen-bond acceptors (Lipinski definition) is 6. The summed E-state index contributed by atoms with van der Waals surface area (Å²) in [6, 6.07) is 10.4. The molecule has 30 heavy (non-hydrogen) atoms. The molecule has 1 atom stereocenters. The number of ether oxygens (including phenoxy) is 2. The van der Waals surface area contributed by atoms with Crippen LogP contribution in [0, 0.1) is 0 Å². The van der Waals surface area contributed by atoms with E-state index in [-0.39, 0.29) is 6.42 Å². The van der Waals surface area contributed by atoms with Crippen LogP contribution in [-0.2, 0) is 16.0 Å². The molecule has 0 aliphatic heterocycles. The van der Waals surface area contributed by atoms with Gasteiger partial charge in [-0.25, -0.2) is 9.59 Å². The van der Waals surface area contributed by atoms with Crippen molar-refractivity contribution in [3.63, 3.8) is 0 Å². The Morgan fingerprint density at radius 3 is 2.40 bits per heavy atom. The molecule has 0 aliphatic rings. The van der Waals surface area contributed by atoms with Crippen molar-refractivity contribution < 1.29 is 23.5 Å². The van der Waals surface area contributed by atoms with Crippen molar-refractivity contribution >= 4 is 54.7 Å². The van der Waals surface area contributed by atoms with Gasteiger partial charge in [-0.3, -0.25) is 4.79 Å². The third kappa shape index (κ3) is 5.09. The second-order valence-electron chi connectivity index (χ2n) is 6.36. The van der Waals surface area contributed by atoms with E-state index in [2.05, 4.69) is 37.2 Å². The zero-order chi connectivity index (χ0) is 21.8. The largest absolute Gasteiger partial charge is 0.497 e. The van der Waals surface area contributed by atoms with Crippen LogP contribution in [0.3, 0.4) is 0 Å². The molecule has 0 spiro atoms. The number of benzene rings is 2. The Morgan fingerprint density at radius 2 is 1.77 bits per heavy atom. The molecule has 1 amide bonds. The van der Waals surface area contributed by atoms with E-state index in [1.54, 1.807) is 36.4 Å². The van der Waals surface area contributed by atoms with E-state index in [0.29, 0.717) is 36.8 Å². The van der Waals surface area contributed by atoms with Gasteiger partial charge in [0, 0.05) is 38.4 Å². The maximum atomic E-state index is 12.7. The van der Waals surface area contributed by atoms with E-state index in [0.717, 1.165) is 0 Å². The SMILES string of the molecule is COC(=O)[C@H](Cc1cc(=O)oc2cc(OC)ccc12)NC(=O)c1cc(Br)cc(Br)c1. The zero-order valence-corrected chi connectivity index (χ0v) is 19.2. The average Bonchev–Trinajstić information content (AvgIpc) is 2.71. The van der Waals surface area contributed by atoms with E-state index in [1.165, 1.54) is 20.3 Å². The van der Waals surface area contributed by atoms with Crippen LogP contribution in [0.2, 0.25) is 0 Å². The lowest BCUT2D eigenvalue weighted by Crippen LogP contribution is -2.43. The molecular weight excluding hydrogens is 522 g/mol. The summed E-state index contributed by atoms with van der Waals surface area (Å²) in [6.07, 6.45) is 0.0437. The van der Waals surface area contributed by atoms with Gasteiger partial charge in [-0.2, -0.15) is 0 Å². The fraction of sp³-hybridized carbons (Fsp3) is 0.190. The van der Waals surface area contributed by atoms with E-state index in [4.69, 9.17) is 13.9 Å². The minimum atomic E-state index is -1.01.